The summed E-state index contributed by atoms with van der Waals surface area (Å²) < 4.78 is 1.19. The van der Waals surface area contributed by atoms with Crippen LogP contribution in [0.3, 0.4) is 0 Å². The van der Waals surface area contributed by atoms with Crippen LogP contribution in [0.25, 0.3) is 0 Å². The average molecular weight is 387 g/mol. The summed E-state index contributed by atoms with van der Waals surface area (Å²) in [7, 11) is 1.96. The Hall–Kier alpha value is -0.390. The van der Waals surface area contributed by atoms with Crippen molar-refractivity contribution in [2.45, 2.75) is 64.7 Å². The molecule has 0 saturated heterocycles. The maximum absolute atomic E-state index is 4.89. The zero-order valence-corrected chi connectivity index (χ0v) is 15.0. The van der Waals surface area contributed by atoms with Gasteiger partial charge in [-0.25, -0.2) is 9.97 Å². The maximum Gasteiger partial charge on any atom is 0.143 e. The van der Waals surface area contributed by atoms with Gasteiger partial charge in [0.05, 0.1) is 9.26 Å². The number of aryl methyl sites for hydroxylation is 1. The van der Waals surface area contributed by atoms with Gasteiger partial charge in [-0.3, -0.25) is 0 Å². The summed E-state index contributed by atoms with van der Waals surface area (Å²) in [4.78, 5) is 9.67. The minimum atomic E-state index is 0.567. The molecule has 3 nitrogen and oxygen atoms in total. The van der Waals surface area contributed by atoms with Crippen molar-refractivity contribution in [3.8, 4) is 0 Å². The number of hydrogen-bond acceptors (Lipinski definition) is 3. The van der Waals surface area contributed by atoms with Gasteiger partial charge in [0, 0.05) is 13.0 Å². The molecule has 0 aromatic carbocycles. The largest absolute Gasteiger partial charge is 0.372 e. The highest BCUT2D eigenvalue weighted by molar-refractivity contribution is 14.1. The second-order valence-corrected chi connectivity index (χ2v) is 6.90. The molecule has 0 atom stereocenters. The SMILES string of the molecule is CCCc1nc(C2CCC(CC)CC2)nc(NC)c1I. The van der Waals surface area contributed by atoms with Gasteiger partial charge in [0.25, 0.3) is 0 Å². The summed E-state index contributed by atoms with van der Waals surface area (Å²) in [5.74, 6) is 3.58. The first kappa shape index (κ1) is 16.0. The Morgan fingerprint density at radius 2 is 1.85 bits per heavy atom. The van der Waals surface area contributed by atoms with Gasteiger partial charge in [0.15, 0.2) is 0 Å². The van der Waals surface area contributed by atoms with Crippen LogP contribution in [0, 0.1) is 9.49 Å². The van der Waals surface area contributed by atoms with Crippen LogP contribution in [0.5, 0.6) is 0 Å². The van der Waals surface area contributed by atoms with E-state index in [0.29, 0.717) is 5.92 Å². The monoisotopic (exact) mass is 387 g/mol. The fourth-order valence-corrected chi connectivity index (χ4v) is 3.87. The van der Waals surface area contributed by atoms with Crippen LogP contribution in [-0.4, -0.2) is 17.0 Å². The van der Waals surface area contributed by atoms with Crippen molar-refractivity contribution in [1.29, 1.82) is 0 Å². The number of halogens is 1. The van der Waals surface area contributed by atoms with Crippen LogP contribution < -0.4 is 5.32 Å². The number of rotatable bonds is 5. The first-order chi connectivity index (χ1) is 9.69. The normalized spacial score (nSPS) is 22.8. The van der Waals surface area contributed by atoms with Crippen LogP contribution >= 0.6 is 22.6 Å². The third kappa shape index (κ3) is 3.62. The van der Waals surface area contributed by atoms with Crippen molar-refractivity contribution < 1.29 is 0 Å². The molecule has 0 aliphatic heterocycles. The van der Waals surface area contributed by atoms with E-state index in [0.717, 1.165) is 30.4 Å². The Morgan fingerprint density at radius 1 is 1.15 bits per heavy atom. The molecular weight excluding hydrogens is 361 g/mol. The molecular formula is C16H26IN3. The van der Waals surface area contributed by atoms with Gasteiger partial charge in [-0.05, 0) is 60.6 Å². The van der Waals surface area contributed by atoms with Crippen LogP contribution in [0.4, 0.5) is 5.82 Å². The van der Waals surface area contributed by atoms with Crippen LogP contribution in [0.2, 0.25) is 0 Å². The van der Waals surface area contributed by atoms with Crippen molar-refractivity contribution in [2.75, 3.05) is 12.4 Å². The van der Waals surface area contributed by atoms with Crippen molar-refractivity contribution >= 4 is 28.4 Å². The Kier molecular flexibility index (Phi) is 6.05. The van der Waals surface area contributed by atoms with E-state index in [2.05, 4.69) is 41.8 Å². The van der Waals surface area contributed by atoms with Crippen molar-refractivity contribution in [3.63, 3.8) is 0 Å². The molecule has 1 aliphatic rings. The summed E-state index contributed by atoms with van der Waals surface area (Å²) in [5.41, 5.74) is 1.22. The lowest BCUT2D eigenvalue weighted by Gasteiger charge is -2.27. The molecule has 112 valence electrons. The first-order valence-electron chi connectivity index (χ1n) is 7.93. The first-order valence-corrected chi connectivity index (χ1v) is 9.01. The highest BCUT2D eigenvalue weighted by Crippen LogP contribution is 2.36. The zero-order chi connectivity index (χ0) is 14.5. The highest BCUT2D eigenvalue weighted by Gasteiger charge is 2.24. The topological polar surface area (TPSA) is 37.8 Å². The Bertz CT molecular complexity index is 440. The molecule has 0 radical (unpaired) electrons. The van der Waals surface area contributed by atoms with Crippen LogP contribution in [0.15, 0.2) is 0 Å². The van der Waals surface area contributed by atoms with E-state index in [4.69, 9.17) is 9.97 Å². The van der Waals surface area contributed by atoms with Crippen LogP contribution in [0.1, 0.15) is 69.8 Å². The quantitative estimate of drug-likeness (QED) is 0.741. The smallest absolute Gasteiger partial charge is 0.143 e. The van der Waals surface area contributed by atoms with Gasteiger partial charge >= 0.3 is 0 Å². The molecule has 0 unspecified atom stereocenters. The van der Waals surface area contributed by atoms with E-state index < -0.39 is 0 Å². The van der Waals surface area contributed by atoms with Gasteiger partial charge in [-0.2, -0.15) is 0 Å². The molecule has 1 aliphatic carbocycles. The molecule has 0 spiro atoms. The van der Waals surface area contributed by atoms with Gasteiger partial charge in [0.1, 0.15) is 11.6 Å². The number of hydrogen-bond donors (Lipinski definition) is 1. The summed E-state index contributed by atoms with van der Waals surface area (Å²) in [6.07, 6.45) is 8.71. The number of anilines is 1. The minimum Gasteiger partial charge on any atom is -0.372 e. The highest BCUT2D eigenvalue weighted by atomic mass is 127. The Morgan fingerprint density at radius 3 is 2.40 bits per heavy atom. The summed E-state index contributed by atoms with van der Waals surface area (Å²) in [6, 6.07) is 0. The van der Waals surface area contributed by atoms with E-state index in [1.165, 1.54) is 41.4 Å². The van der Waals surface area contributed by atoms with Crippen molar-refractivity contribution in [3.05, 3.63) is 15.1 Å². The molecule has 1 heterocycles. The molecule has 1 aromatic heterocycles. The predicted octanol–water partition coefficient (Wildman–Crippen LogP) is 4.76. The second-order valence-electron chi connectivity index (χ2n) is 5.82. The number of nitrogens with one attached hydrogen (secondary N) is 1. The summed E-state index contributed by atoms with van der Waals surface area (Å²) >= 11 is 2.37. The molecule has 1 saturated carbocycles. The molecule has 0 bridgehead atoms. The van der Waals surface area contributed by atoms with Crippen molar-refractivity contribution in [2.24, 2.45) is 5.92 Å². The molecule has 2 rings (SSSR count). The molecule has 20 heavy (non-hydrogen) atoms. The standard InChI is InChI=1S/C16H26IN3/c1-4-6-13-14(17)16(18-3)20-15(19-13)12-9-7-11(5-2)8-10-12/h11-12H,4-10H2,1-3H3,(H,18,19,20). The number of nitrogens with zero attached hydrogens (tertiary/aromatic N) is 2. The van der Waals surface area contributed by atoms with Crippen LogP contribution in [-0.2, 0) is 6.42 Å². The third-order valence-electron chi connectivity index (χ3n) is 4.45. The van der Waals surface area contributed by atoms with E-state index in [1.54, 1.807) is 0 Å². The Balaban J connectivity index is 2.21. The molecule has 1 fully saturated rings. The van der Waals surface area contributed by atoms with Gasteiger partial charge in [-0.1, -0.05) is 26.7 Å². The lowest BCUT2D eigenvalue weighted by molar-refractivity contribution is 0.312. The maximum atomic E-state index is 4.89. The van der Waals surface area contributed by atoms with E-state index in [1.807, 2.05) is 7.05 Å². The summed E-state index contributed by atoms with van der Waals surface area (Å²) in [6.45, 7) is 4.52. The minimum absolute atomic E-state index is 0.567. The average Bonchev–Trinajstić information content (AvgIpc) is 2.49. The molecule has 0 amide bonds. The predicted molar refractivity (Wildman–Crippen MR) is 93.3 cm³/mol. The van der Waals surface area contributed by atoms with E-state index in [9.17, 15) is 0 Å². The Labute approximate surface area is 136 Å². The fraction of sp³-hybridized carbons (Fsp3) is 0.750. The fourth-order valence-electron chi connectivity index (χ4n) is 3.09. The van der Waals surface area contributed by atoms with Crippen molar-refractivity contribution in [1.82, 2.24) is 9.97 Å². The molecule has 1 N–H and O–H groups in total. The molecule has 1 aromatic rings. The lowest BCUT2D eigenvalue weighted by atomic mass is 9.80. The van der Waals surface area contributed by atoms with E-state index in [-0.39, 0.29) is 0 Å². The lowest BCUT2D eigenvalue weighted by Crippen LogP contribution is -2.17. The van der Waals surface area contributed by atoms with E-state index >= 15 is 0 Å². The van der Waals surface area contributed by atoms with Gasteiger partial charge < -0.3 is 5.32 Å². The zero-order valence-electron chi connectivity index (χ0n) is 12.9. The third-order valence-corrected chi connectivity index (χ3v) is 5.58. The van der Waals surface area contributed by atoms with Gasteiger partial charge in [0.2, 0.25) is 0 Å². The number of aromatic nitrogens is 2. The van der Waals surface area contributed by atoms with Gasteiger partial charge in [-0.15, -0.1) is 0 Å². The summed E-state index contributed by atoms with van der Waals surface area (Å²) in [5, 5.41) is 3.23. The molecule has 4 heteroatoms. The second kappa shape index (κ2) is 7.57.